The average molecular weight is 332 g/mol. The summed E-state index contributed by atoms with van der Waals surface area (Å²) in [6.45, 7) is 1.69. The zero-order valence-electron chi connectivity index (χ0n) is 12.4. The number of carboxylic acid groups (broad SMARTS) is 1. The van der Waals surface area contributed by atoms with Gasteiger partial charge < -0.3 is 16.2 Å². The standard InChI is InChI=1S/C16H16N2O4S/c1-2-16(15(21)22,10-6-4-3-5-7-10)18-14(20)12-9-8-11(23-12)13(17)19/h3-9H,2H2,1H3,(H2,17,19)(H,18,20)(H,21,22). The predicted molar refractivity (Wildman–Crippen MR) is 86.3 cm³/mol. The van der Waals surface area contributed by atoms with Crippen molar-refractivity contribution in [2.24, 2.45) is 5.73 Å². The largest absolute Gasteiger partial charge is 0.479 e. The van der Waals surface area contributed by atoms with E-state index in [2.05, 4.69) is 5.32 Å². The van der Waals surface area contributed by atoms with Crippen molar-refractivity contribution in [3.8, 4) is 0 Å². The van der Waals surface area contributed by atoms with Crippen molar-refractivity contribution in [2.45, 2.75) is 18.9 Å². The van der Waals surface area contributed by atoms with E-state index in [1.165, 1.54) is 12.1 Å². The number of amides is 2. The number of thiophene rings is 1. The van der Waals surface area contributed by atoms with Gasteiger partial charge in [0.15, 0.2) is 5.54 Å². The Morgan fingerprint density at radius 2 is 1.74 bits per heavy atom. The van der Waals surface area contributed by atoms with Crippen LogP contribution < -0.4 is 11.1 Å². The Bertz CT molecular complexity index is 742. The Kier molecular flexibility index (Phi) is 4.80. The van der Waals surface area contributed by atoms with Gasteiger partial charge in [0.1, 0.15) is 0 Å². The molecule has 1 aromatic carbocycles. The van der Waals surface area contributed by atoms with Crippen LogP contribution in [0.25, 0.3) is 0 Å². The maximum atomic E-state index is 12.4. The Balaban J connectivity index is 2.36. The summed E-state index contributed by atoms with van der Waals surface area (Å²) in [6, 6.07) is 11.4. The molecule has 2 aromatic rings. The first-order valence-electron chi connectivity index (χ1n) is 6.91. The van der Waals surface area contributed by atoms with Crippen molar-refractivity contribution in [2.75, 3.05) is 0 Å². The number of rotatable bonds is 6. The molecule has 0 radical (unpaired) electrons. The number of carbonyl (C=O) groups excluding carboxylic acids is 2. The second-order valence-electron chi connectivity index (χ2n) is 4.91. The number of hydrogen-bond donors (Lipinski definition) is 3. The van der Waals surface area contributed by atoms with Crippen LogP contribution in [0.15, 0.2) is 42.5 Å². The van der Waals surface area contributed by atoms with Gasteiger partial charge in [-0.3, -0.25) is 9.59 Å². The maximum Gasteiger partial charge on any atom is 0.334 e. The van der Waals surface area contributed by atoms with Crippen LogP contribution >= 0.6 is 11.3 Å². The highest BCUT2D eigenvalue weighted by Crippen LogP contribution is 2.27. The molecule has 0 spiro atoms. The molecule has 0 aliphatic heterocycles. The van der Waals surface area contributed by atoms with Crippen molar-refractivity contribution in [3.05, 3.63) is 57.8 Å². The number of carbonyl (C=O) groups is 3. The molecule has 0 aliphatic carbocycles. The molecule has 2 rings (SSSR count). The second kappa shape index (κ2) is 6.62. The predicted octanol–water partition coefficient (Wildman–Crippen LogP) is 1.97. The highest BCUT2D eigenvalue weighted by atomic mass is 32.1. The van der Waals surface area contributed by atoms with Gasteiger partial charge in [0.2, 0.25) is 0 Å². The molecule has 23 heavy (non-hydrogen) atoms. The van der Waals surface area contributed by atoms with Gasteiger partial charge in [-0.25, -0.2) is 4.79 Å². The van der Waals surface area contributed by atoms with Crippen LogP contribution in [0.5, 0.6) is 0 Å². The zero-order chi connectivity index (χ0) is 17.0. The number of carboxylic acids is 1. The molecule has 4 N–H and O–H groups in total. The van der Waals surface area contributed by atoms with E-state index in [4.69, 9.17) is 5.73 Å². The van der Waals surface area contributed by atoms with Gasteiger partial charge in [-0.1, -0.05) is 37.3 Å². The van der Waals surface area contributed by atoms with Crippen molar-refractivity contribution >= 4 is 29.1 Å². The van der Waals surface area contributed by atoms with Crippen molar-refractivity contribution in [1.82, 2.24) is 5.32 Å². The molecule has 0 bridgehead atoms. The molecule has 7 heteroatoms. The Labute approximate surface area is 136 Å². The molecule has 0 saturated heterocycles. The van der Waals surface area contributed by atoms with E-state index in [0.717, 1.165) is 11.3 Å². The minimum atomic E-state index is -1.53. The lowest BCUT2D eigenvalue weighted by Gasteiger charge is -2.29. The summed E-state index contributed by atoms with van der Waals surface area (Å²) in [5, 5.41) is 12.3. The zero-order valence-corrected chi connectivity index (χ0v) is 13.2. The molecule has 1 aromatic heterocycles. The van der Waals surface area contributed by atoms with Gasteiger partial charge in [-0.05, 0) is 24.1 Å². The molecule has 1 unspecified atom stereocenters. The molecular weight excluding hydrogens is 316 g/mol. The molecule has 2 amide bonds. The number of benzene rings is 1. The monoisotopic (exact) mass is 332 g/mol. The van der Waals surface area contributed by atoms with E-state index < -0.39 is 23.3 Å². The molecule has 6 nitrogen and oxygen atoms in total. The van der Waals surface area contributed by atoms with Crippen LogP contribution in [0.3, 0.4) is 0 Å². The highest BCUT2D eigenvalue weighted by molar-refractivity contribution is 7.15. The lowest BCUT2D eigenvalue weighted by molar-refractivity contribution is -0.145. The summed E-state index contributed by atoms with van der Waals surface area (Å²) in [5.74, 6) is -2.33. The van der Waals surface area contributed by atoms with Gasteiger partial charge in [0.25, 0.3) is 11.8 Å². The molecule has 1 atom stereocenters. The van der Waals surface area contributed by atoms with E-state index in [1.54, 1.807) is 37.3 Å². The van der Waals surface area contributed by atoms with Crippen molar-refractivity contribution in [3.63, 3.8) is 0 Å². The van der Waals surface area contributed by atoms with Gasteiger partial charge >= 0.3 is 5.97 Å². The smallest absolute Gasteiger partial charge is 0.334 e. The van der Waals surface area contributed by atoms with E-state index >= 15 is 0 Å². The quantitative estimate of drug-likeness (QED) is 0.751. The van der Waals surface area contributed by atoms with Crippen LogP contribution in [0.1, 0.15) is 38.3 Å². The van der Waals surface area contributed by atoms with Crippen molar-refractivity contribution in [1.29, 1.82) is 0 Å². The number of primary amides is 1. The van der Waals surface area contributed by atoms with E-state index in [0.29, 0.717) is 5.56 Å². The average Bonchev–Trinajstić information content (AvgIpc) is 3.03. The SMILES string of the molecule is CCC(NC(=O)c1ccc(C(N)=O)s1)(C(=O)O)c1ccccc1. The molecule has 120 valence electrons. The van der Waals surface area contributed by atoms with Gasteiger partial charge in [0, 0.05) is 0 Å². The van der Waals surface area contributed by atoms with Crippen molar-refractivity contribution < 1.29 is 19.5 Å². The summed E-state index contributed by atoms with van der Waals surface area (Å²) < 4.78 is 0. The van der Waals surface area contributed by atoms with Gasteiger partial charge in [-0.2, -0.15) is 0 Å². The summed E-state index contributed by atoms with van der Waals surface area (Å²) in [6.07, 6.45) is 0.173. The molecule has 0 saturated carbocycles. The fourth-order valence-corrected chi connectivity index (χ4v) is 3.02. The molecule has 1 heterocycles. The Morgan fingerprint density at radius 3 is 2.22 bits per heavy atom. The first kappa shape index (κ1) is 16.7. The van der Waals surface area contributed by atoms with Crippen LogP contribution in [0.2, 0.25) is 0 Å². The second-order valence-corrected chi connectivity index (χ2v) is 6.00. The molecule has 0 fully saturated rings. The third kappa shape index (κ3) is 3.24. The number of nitrogens with two attached hydrogens (primary N) is 1. The third-order valence-corrected chi connectivity index (χ3v) is 4.66. The summed E-state index contributed by atoms with van der Waals surface area (Å²) in [4.78, 5) is 35.9. The van der Waals surface area contributed by atoms with E-state index in [-0.39, 0.29) is 16.2 Å². The fourth-order valence-electron chi connectivity index (χ4n) is 2.26. The third-order valence-electron chi connectivity index (χ3n) is 3.56. The fraction of sp³-hybridized carbons (Fsp3) is 0.188. The van der Waals surface area contributed by atoms with Crippen LogP contribution in [0.4, 0.5) is 0 Å². The summed E-state index contributed by atoms with van der Waals surface area (Å²) in [7, 11) is 0. The first-order valence-corrected chi connectivity index (χ1v) is 7.73. The summed E-state index contributed by atoms with van der Waals surface area (Å²) in [5.41, 5.74) is 4.11. The Hall–Kier alpha value is -2.67. The maximum absolute atomic E-state index is 12.4. The summed E-state index contributed by atoms with van der Waals surface area (Å²) >= 11 is 0.928. The minimum Gasteiger partial charge on any atom is -0.479 e. The van der Waals surface area contributed by atoms with Crippen LogP contribution in [0, 0.1) is 0 Å². The van der Waals surface area contributed by atoms with Crippen LogP contribution in [-0.2, 0) is 10.3 Å². The van der Waals surface area contributed by atoms with Crippen LogP contribution in [-0.4, -0.2) is 22.9 Å². The number of nitrogens with one attached hydrogen (secondary N) is 1. The first-order chi connectivity index (χ1) is 10.9. The highest BCUT2D eigenvalue weighted by Gasteiger charge is 2.40. The van der Waals surface area contributed by atoms with Gasteiger partial charge in [0.05, 0.1) is 9.75 Å². The minimum absolute atomic E-state index is 0.173. The van der Waals surface area contributed by atoms with E-state index in [9.17, 15) is 19.5 Å². The number of hydrogen-bond acceptors (Lipinski definition) is 4. The van der Waals surface area contributed by atoms with E-state index in [1.807, 2.05) is 0 Å². The number of aliphatic carboxylic acids is 1. The topological polar surface area (TPSA) is 109 Å². The normalized spacial score (nSPS) is 13.1. The molecular formula is C16H16N2O4S. The lowest BCUT2D eigenvalue weighted by Crippen LogP contribution is -2.51. The lowest BCUT2D eigenvalue weighted by atomic mass is 9.87. The van der Waals surface area contributed by atoms with Gasteiger partial charge in [-0.15, -0.1) is 11.3 Å². The molecule has 0 aliphatic rings. The Morgan fingerprint density at radius 1 is 1.13 bits per heavy atom.